The number of ether oxygens (including phenoxy) is 2. The summed E-state index contributed by atoms with van der Waals surface area (Å²) in [5.74, 6) is -4.47. The van der Waals surface area contributed by atoms with E-state index in [-0.39, 0.29) is 83.1 Å². The maximum Gasteiger partial charge on any atom is 0.409 e. The molecule has 0 saturated carbocycles. The minimum atomic E-state index is -1.41. The van der Waals surface area contributed by atoms with Crippen molar-refractivity contribution in [1.29, 1.82) is 0 Å². The Bertz CT molecular complexity index is 2660. The number of hydrogen-bond donors (Lipinski definition) is 2. The van der Waals surface area contributed by atoms with Crippen molar-refractivity contribution in [3.63, 3.8) is 0 Å². The molecule has 2 saturated heterocycles. The lowest BCUT2D eigenvalue weighted by Gasteiger charge is -2.38. The molecule has 6 rings (SSSR count). The molecule has 2 N–H and O–H groups in total. The second-order valence-electron chi connectivity index (χ2n) is 17.1. The van der Waals surface area contributed by atoms with E-state index in [2.05, 4.69) is 0 Å². The molecular weight excluding hydrogens is 941 g/mol. The molecule has 2 atom stereocenters. The first kappa shape index (κ1) is 52.3. The van der Waals surface area contributed by atoms with Crippen molar-refractivity contribution in [3.05, 3.63) is 127 Å². The number of rotatable bonds is 14. The second kappa shape index (κ2) is 22.6. The molecule has 0 bridgehead atoms. The van der Waals surface area contributed by atoms with Crippen LogP contribution in [0, 0.1) is 20.2 Å². The Kier molecular flexibility index (Phi) is 16.6. The van der Waals surface area contributed by atoms with Gasteiger partial charge in [0.2, 0.25) is 11.8 Å². The number of nitro benzene ring substituents is 2. The third-order valence-corrected chi connectivity index (χ3v) is 13.3. The molecule has 2 aliphatic heterocycles. The zero-order valence-corrected chi connectivity index (χ0v) is 40.5. The Morgan fingerprint density at radius 1 is 0.606 bits per heavy atom. The first-order valence-electron chi connectivity index (χ1n) is 22.4. The number of benzene rings is 4. The Labute approximate surface area is 412 Å². The number of aliphatic carboxylic acids is 2. The van der Waals surface area contributed by atoms with E-state index in [1.165, 1.54) is 46.2 Å². The van der Waals surface area contributed by atoms with Crippen LogP contribution < -0.4 is 0 Å². The standard InChI is InChI=1S/C50H52N6O14S/c1-29(2)33-11-7-9-13-35(33)43-31(17-21-41(57)53-25-23-51(49(63)69-5)27-37(53)47(59)60)15-19-39(45(43)55(65)66)71-40-20-16-32(44(46(40)56(67)68)36-14-10-8-12-34(36)30(3)4)18-22-42(58)54-26-24-52(50(64)70-6)28-38(54)48(61)62/h7-22,29-30,37-38H,23-28H2,1-6H3,(H,59,60)(H,61,62). The summed E-state index contributed by atoms with van der Waals surface area (Å²) in [6.45, 7) is 6.68. The number of nitrogens with zero attached hydrogens (tertiary/aromatic N) is 6. The van der Waals surface area contributed by atoms with Crippen LogP contribution in [-0.2, 0) is 28.7 Å². The number of carbonyl (C=O) groups excluding carboxylic acids is 4. The highest BCUT2D eigenvalue weighted by Crippen LogP contribution is 2.50. The van der Waals surface area contributed by atoms with Gasteiger partial charge >= 0.3 is 24.1 Å². The van der Waals surface area contributed by atoms with Gasteiger partial charge in [0.1, 0.15) is 12.1 Å². The summed E-state index contributed by atoms with van der Waals surface area (Å²) in [6.07, 6.45) is 3.43. The SMILES string of the molecule is COC(=O)N1CCN(C(=O)C=Cc2ccc(Sc3ccc(C=CC(=O)N4CCN(C(=O)OC)CC4C(=O)O)c(-c4ccccc4C(C)C)c3[N+](=O)[O-])c([N+](=O)[O-])c2-c2ccccc2C(C)C)C(C(=O)O)C1. The number of carboxylic acid groups (broad SMARTS) is 2. The van der Waals surface area contributed by atoms with E-state index in [9.17, 15) is 59.2 Å². The van der Waals surface area contributed by atoms with Crippen molar-refractivity contribution < 1.29 is 58.3 Å². The predicted molar refractivity (Wildman–Crippen MR) is 262 cm³/mol. The summed E-state index contributed by atoms with van der Waals surface area (Å²) in [5.41, 5.74) is 2.08. The van der Waals surface area contributed by atoms with Crippen LogP contribution in [0.15, 0.2) is 94.7 Å². The summed E-state index contributed by atoms with van der Waals surface area (Å²) < 4.78 is 9.48. The molecule has 71 heavy (non-hydrogen) atoms. The van der Waals surface area contributed by atoms with Gasteiger partial charge in [-0.15, -0.1) is 0 Å². The van der Waals surface area contributed by atoms with E-state index < -0.39 is 69.2 Å². The summed E-state index contributed by atoms with van der Waals surface area (Å²) in [7, 11) is 2.32. The number of piperazine rings is 2. The molecule has 2 unspecified atom stereocenters. The fourth-order valence-corrected chi connectivity index (χ4v) is 9.80. The molecule has 2 aliphatic rings. The molecule has 20 nitrogen and oxygen atoms in total. The molecule has 21 heteroatoms. The van der Waals surface area contributed by atoms with E-state index in [0.717, 1.165) is 47.9 Å². The molecular formula is C50H52N6O14S. The van der Waals surface area contributed by atoms with Gasteiger partial charge in [-0.05, 0) is 69.5 Å². The van der Waals surface area contributed by atoms with Gasteiger partial charge in [0.15, 0.2) is 0 Å². The second-order valence-corrected chi connectivity index (χ2v) is 18.2. The summed E-state index contributed by atoms with van der Waals surface area (Å²) >= 11 is 0.774. The molecule has 4 aromatic carbocycles. The number of methoxy groups -OCH3 is 2. The molecule has 0 aromatic heterocycles. The average molecular weight is 993 g/mol. The quantitative estimate of drug-likeness (QED) is 0.0689. The lowest BCUT2D eigenvalue weighted by atomic mass is 9.89. The highest BCUT2D eigenvalue weighted by Gasteiger charge is 2.39. The minimum absolute atomic E-state index is 0.00272. The van der Waals surface area contributed by atoms with Crippen molar-refractivity contribution in [2.75, 3.05) is 53.5 Å². The topological polar surface area (TPSA) is 261 Å². The number of carboxylic acids is 2. The van der Waals surface area contributed by atoms with E-state index >= 15 is 0 Å². The highest BCUT2D eigenvalue weighted by molar-refractivity contribution is 7.99. The number of carbonyl (C=O) groups is 6. The minimum Gasteiger partial charge on any atom is -0.480 e. The van der Waals surface area contributed by atoms with Crippen LogP contribution in [-0.4, -0.2) is 141 Å². The van der Waals surface area contributed by atoms with Crippen LogP contribution in [0.1, 0.15) is 61.8 Å². The maximum absolute atomic E-state index is 13.7. The largest absolute Gasteiger partial charge is 0.480 e. The molecule has 372 valence electrons. The van der Waals surface area contributed by atoms with Crippen molar-refractivity contribution >= 4 is 71.2 Å². The van der Waals surface area contributed by atoms with Crippen LogP contribution in [0.5, 0.6) is 0 Å². The van der Waals surface area contributed by atoms with Gasteiger partial charge in [-0.3, -0.25) is 29.8 Å². The van der Waals surface area contributed by atoms with Gasteiger partial charge in [0.05, 0.1) is 58.1 Å². The van der Waals surface area contributed by atoms with Crippen molar-refractivity contribution in [2.24, 2.45) is 0 Å². The van der Waals surface area contributed by atoms with Gasteiger partial charge in [-0.2, -0.15) is 0 Å². The van der Waals surface area contributed by atoms with E-state index in [4.69, 9.17) is 9.47 Å². The Morgan fingerprint density at radius 3 is 1.30 bits per heavy atom. The molecule has 4 aromatic rings. The molecule has 0 radical (unpaired) electrons. The zero-order valence-electron chi connectivity index (χ0n) is 39.7. The van der Waals surface area contributed by atoms with Crippen LogP contribution in [0.4, 0.5) is 21.0 Å². The summed E-state index contributed by atoms with van der Waals surface area (Å²) in [4.78, 5) is 107. The lowest BCUT2D eigenvalue weighted by Crippen LogP contribution is -2.59. The smallest absolute Gasteiger partial charge is 0.409 e. The van der Waals surface area contributed by atoms with Crippen LogP contribution in [0.2, 0.25) is 0 Å². The molecule has 2 fully saturated rings. The van der Waals surface area contributed by atoms with E-state index in [0.29, 0.717) is 22.3 Å². The van der Waals surface area contributed by atoms with Gasteiger partial charge in [0.25, 0.3) is 11.4 Å². The molecule has 0 spiro atoms. The first-order chi connectivity index (χ1) is 33.8. The predicted octanol–water partition coefficient (Wildman–Crippen LogP) is 7.99. The molecule has 0 aliphatic carbocycles. The van der Waals surface area contributed by atoms with Crippen molar-refractivity contribution in [3.8, 4) is 22.3 Å². The number of amides is 4. The fourth-order valence-electron chi connectivity index (χ4n) is 8.74. The Balaban J connectivity index is 1.49. The summed E-state index contributed by atoms with van der Waals surface area (Å²) in [6, 6.07) is 17.1. The zero-order chi connectivity index (χ0) is 51.8. The lowest BCUT2D eigenvalue weighted by molar-refractivity contribution is -0.387. The summed E-state index contributed by atoms with van der Waals surface area (Å²) in [5, 5.41) is 47.0. The first-order valence-corrected chi connectivity index (χ1v) is 23.2. The van der Waals surface area contributed by atoms with Crippen molar-refractivity contribution in [1.82, 2.24) is 19.6 Å². The van der Waals surface area contributed by atoms with E-state index in [1.54, 1.807) is 36.4 Å². The average Bonchev–Trinajstić information content (AvgIpc) is 3.35. The Hall–Kier alpha value is -8.07. The number of nitro groups is 2. The monoisotopic (exact) mass is 992 g/mol. The van der Waals surface area contributed by atoms with Gasteiger partial charge in [0, 0.05) is 38.3 Å². The van der Waals surface area contributed by atoms with Gasteiger partial charge < -0.3 is 39.3 Å². The third-order valence-electron chi connectivity index (χ3n) is 12.2. The van der Waals surface area contributed by atoms with Gasteiger partial charge in [-0.25, -0.2) is 19.2 Å². The van der Waals surface area contributed by atoms with E-state index in [1.807, 2.05) is 39.8 Å². The van der Waals surface area contributed by atoms with Crippen molar-refractivity contribution in [2.45, 2.75) is 61.4 Å². The van der Waals surface area contributed by atoms with Crippen LogP contribution in [0.25, 0.3) is 34.4 Å². The third kappa shape index (κ3) is 11.4. The highest BCUT2D eigenvalue weighted by atomic mass is 32.2. The van der Waals surface area contributed by atoms with Crippen LogP contribution in [0.3, 0.4) is 0 Å². The number of hydrogen-bond acceptors (Lipinski definition) is 13. The normalized spacial score (nSPS) is 16.2. The van der Waals surface area contributed by atoms with Gasteiger partial charge in [-0.1, -0.05) is 100 Å². The fraction of sp³-hybridized carbons (Fsp3) is 0.320. The molecule has 4 amide bonds. The Morgan fingerprint density at radius 2 is 0.972 bits per heavy atom. The molecule has 2 heterocycles. The maximum atomic E-state index is 13.7. The van der Waals surface area contributed by atoms with Crippen LogP contribution >= 0.6 is 11.8 Å².